The summed E-state index contributed by atoms with van der Waals surface area (Å²) in [6, 6.07) is 2.88. The molecule has 1 N–H and O–H groups in total. The molecule has 1 aromatic heterocycles. The van der Waals surface area contributed by atoms with E-state index in [0.29, 0.717) is 0 Å². The molecule has 0 spiro atoms. The summed E-state index contributed by atoms with van der Waals surface area (Å²) in [5.74, 6) is -1.30. The van der Waals surface area contributed by atoms with Crippen molar-refractivity contribution in [3.63, 3.8) is 0 Å². The Bertz CT molecular complexity index is 698. The van der Waals surface area contributed by atoms with Crippen LogP contribution in [0.2, 0.25) is 5.02 Å². The smallest absolute Gasteiger partial charge is 0.416 e. The van der Waals surface area contributed by atoms with Crippen LogP contribution in [0.5, 0.6) is 0 Å². The zero-order valence-corrected chi connectivity index (χ0v) is 11.4. The van der Waals surface area contributed by atoms with E-state index in [-0.39, 0.29) is 28.5 Å². The van der Waals surface area contributed by atoms with Crippen LogP contribution in [0, 0.1) is 0 Å². The Morgan fingerprint density at radius 2 is 2.05 bits per heavy atom. The number of aromatic carboxylic acids is 1. The van der Waals surface area contributed by atoms with Crippen LogP contribution in [0.4, 0.5) is 13.2 Å². The molecule has 0 aliphatic rings. The highest BCUT2D eigenvalue weighted by Gasteiger charge is 2.31. The van der Waals surface area contributed by atoms with E-state index in [1.54, 1.807) is 6.92 Å². The monoisotopic (exact) mass is 319 g/mol. The molecule has 0 aliphatic heterocycles. The Morgan fingerprint density at radius 1 is 1.38 bits per heavy atom. The molecule has 0 atom stereocenters. The van der Waals surface area contributed by atoms with E-state index in [4.69, 9.17) is 16.7 Å². The summed E-state index contributed by atoms with van der Waals surface area (Å²) >= 11 is 5.69. The van der Waals surface area contributed by atoms with Gasteiger partial charge in [0.2, 0.25) is 0 Å². The van der Waals surface area contributed by atoms with Gasteiger partial charge in [-0.2, -0.15) is 13.2 Å². The molecule has 1 aromatic carbocycles. The Kier molecular flexibility index (Phi) is 3.91. The average Bonchev–Trinajstić information content (AvgIpc) is 2.80. The van der Waals surface area contributed by atoms with Crippen molar-refractivity contribution < 1.29 is 23.1 Å². The number of benzene rings is 1. The topological polar surface area (TPSA) is 68.0 Å². The molecule has 2 rings (SSSR count). The van der Waals surface area contributed by atoms with Crippen molar-refractivity contribution in [2.24, 2.45) is 0 Å². The van der Waals surface area contributed by atoms with Crippen LogP contribution in [-0.2, 0) is 12.6 Å². The molecular formula is C12H9ClF3N3O2. The van der Waals surface area contributed by atoms with Crippen LogP contribution in [0.3, 0.4) is 0 Å². The molecule has 5 nitrogen and oxygen atoms in total. The molecule has 1 heterocycles. The Balaban J connectivity index is 2.62. The quantitative estimate of drug-likeness (QED) is 0.943. The van der Waals surface area contributed by atoms with Crippen LogP contribution >= 0.6 is 11.6 Å². The Hall–Kier alpha value is -2.09. The third-order valence-corrected chi connectivity index (χ3v) is 2.97. The maximum Gasteiger partial charge on any atom is 0.416 e. The predicted octanol–water partition coefficient (Wildman–Crippen LogP) is 3.20. The first-order valence-corrected chi connectivity index (χ1v) is 6.18. The third-order valence-electron chi connectivity index (χ3n) is 2.76. The summed E-state index contributed by atoms with van der Waals surface area (Å²) in [5, 5.41) is 15.9. The predicted molar refractivity (Wildman–Crippen MR) is 67.7 cm³/mol. The maximum absolute atomic E-state index is 12.8. The number of nitrogens with zero attached hydrogens (tertiary/aromatic N) is 3. The highest BCUT2D eigenvalue weighted by Crippen LogP contribution is 2.33. The summed E-state index contributed by atoms with van der Waals surface area (Å²) in [7, 11) is 0. The van der Waals surface area contributed by atoms with Crippen LogP contribution in [0.25, 0.3) is 5.69 Å². The summed E-state index contributed by atoms with van der Waals surface area (Å²) in [6.45, 7) is 1.65. The molecule has 0 bridgehead atoms. The van der Waals surface area contributed by atoms with E-state index in [1.165, 1.54) is 6.07 Å². The molecule has 2 aromatic rings. The van der Waals surface area contributed by atoms with Crippen LogP contribution in [0.1, 0.15) is 28.7 Å². The van der Waals surface area contributed by atoms with Crippen molar-refractivity contribution in [1.29, 1.82) is 0 Å². The number of rotatable bonds is 3. The largest absolute Gasteiger partial charge is 0.476 e. The summed E-state index contributed by atoms with van der Waals surface area (Å²) in [4.78, 5) is 11.0. The lowest BCUT2D eigenvalue weighted by molar-refractivity contribution is -0.137. The Morgan fingerprint density at radius 3 is 2.57 bits per heavy atom. The number of carboxylic acid groups (broad SMARTS) is 1. The third kappa shape index (κ3) is 2.99. The second-order valence-corrected chi connectivity index (χ2v) is 4.59. The normalized spacial score (nSPS) is 11.7. The second kappa shape index (κ2) is 5.36. The molecule has 0 saturated carbocycles. The zero-order valence-electron chi connectivity index (χ0n) is 10.6. The number of hydrogen-bond donors (Lipinski definition) is 1. The van der Waals surface area contributed by atoms with Crippen molar-refractivity contribution >= 4 is 17.6 Å². The molecule has 0 saturated heterocycles. The van der Waals surface area contributed by atoms with Gasteiger partial charge in [0.05, 0.1) is 16.9 Å². The lowest BCUT2D eigenvalue weighted by atomic mass is 10.2. The van der Waals surface area contributed by atoms with Crippen molar-refractivity contribution in [2.45, 2.75) is 19.5 Å². The molecule has 0 fully saturated rings. The van der Waals surface area contributed by atoms with Crippen molar-refractivity contribution in [3.8, 4) is 5.69 Å². The minimum absolute atomic E-state index is 0.00618. The fourth-order valence-electron chi connectivity index (χ4n) is 1.85. The number of hydrogen-bond acceptors (Lipinski definition) is 3. The van der Waals surface area contributed by atoms with Gasteiger partial charge in [0.25, 0.3) is 0 Å². The average molecular weight is 320 g/mol. The molecular weight excluding hydrogens is 311 g/mol. The van der Waals surface area contributed by atoms with Crippen LogP contribution in [0.15, 0.2) is 18.2 Å². The van der Waals surface area contributed by atoms with Crippen molar-refractivity contribution in [1.82, 2.24) is 15.0 Å². The lowest BCUT2D eigenvalue weighted by Gasteiger charge is -2.11. The van der Waals surface area contributed by atoms with Gasteiger partial charge in [-0.1, -0.05) is 23.7 Å². The maximum atomic E-state index is 12.8. The van der Waals surface area contributed by atoms with Gasteiger partial charge in [0.15, 0.2) is 5.69 Å². The van der Waals surface area contributed by atoms with E-state index in [2.05, 4.69) is 10.3 Å². The molecule has 0 amide bonds. The molecule has 21 heavy (non-hydrogen) atoms. The fourth-order valence-corrected chi connectivity index (χ4v) is 2.08. The lowest BCUT2D eigenvalue weighted by Crippen LogP contribution is -2.09. The van der Waals surface area contributed by atoms with Gasteiger partial charge in [0, 0.05) is 5.02 Å². The molecule has 0 unspecified atom stereocenters. The first-order chi connectivity index (χ1) is 9.74. The van der Waals surface area contributed by atoms with Gasteiger partial charge in [-0.15, -0.1) is 5.10 Å². The van der Waals surface area contributed by atoms with Gasteiger partial charge in [-0.3, -0.25) is 0 Å². The van der Waals surface area contributed by atoms with E-state index >= 15 is 0 Å². The van der Waals surface area contributed by atoms with Crippen molar-refractivity contribution in [3.05, 3.63) is 40.2 Å². The zero-order chi connectivity index (χ0) is 15.8. The summed E-state index contributed by atoms with van der Waals surface area (Å²) in [5.41, 5.74) is -1.05. The molecule has 112 valence electrons. The van der Waals surface area contributed by atoms with Gasteiger partial charge in [-0.25, -0.2) is 9.48 Å². The van der Waals surface area contributed by atoms with Crippen LogP contribution in [-0.4, -0.2) is 26.1 Å². The second-order valence-electron chi connectivity index (χ2n) is 4.15. The van der Waals surface area contributed by atoms with Gasteiger partial charge >= 0.3 is 12.1 Å². The number of carboxylic acids is 1. The van der Waals surface area contributed by atoms with Gasteiger partial charge in [0.1, 0.15) is 0 Å². The molecule has 0 radical (unpaired) electrons. The van der Waals surface area contributed by atoms with E-state index in [9.17, 15) is 18.0 Å². The number of carbonyl (C=O) groups is 1. The number of aromatic nitrogens is 3. The molecule has 0 aliphatic carbocycles. The Labute approximate surface area is 121 Å². The van der Waals surface area contributed by atoms with E-state index < -0.39 is 17.7 Å². The van der Waals surface area contributed by atoms with Gasteiger partial charge in [-0.05, 0) is 24.6 Å². The highest BCUT2D eigenvalue weighted by molar-refractivity contribution is 6.30. The van der Waals surface area contributed by atoms with Crippen molar-refractivity contribution in [2.75, 3.05) is 0 Å². The fraction of sp³-hybridized carbons (Fsp3) is 0.250. The van der Waals surface area contributed by atoms with Crippen LogP contribution < -0.4 is 0 Å². The first kappa shape index (κ1) is 15.3. The SMILES string of the molecule is CCc1c(C(=O)O)nnn1-c1cc(Cl)cc(C(F)(F)F)c1. The molecule has 9 heteroatoms. The number of alkyl halides is 3. The standard InChI is InChI=1S/C12H9ClF3N3O2/c1-2-9-10(11(20)21)17-18-19(9)8-4-6(12(14,15)16)3-7(13)5-8/h3-5H,2H2,1H3,(H,20,21). The highest BCUT2D eigenvalue weighted by atomic mass is 35.5. The first-order valence-electron chi connectivity index (χ1n) is 5.80. The van der Waals surface area contributed by atoms with Gasteiger partial charge < -0.3 is 5.11 Å². The summed E-state index contributed by atoms with van der Waals surface area (Å²) < 4.78 is 39.4. The summed E-state index contributed by atoms with van der Waals surface area (Å²) in [6.07, 6.45) is -4.33. The van der Waals surface area contributed by atoms with E-state index in [0.717, 1.165) is 16.8 Å². The minimum atomic E-state index is -4.57. The minimum Gasteiger partial charge on any atom is -0.476 e. The number of halogens is 4. The van der Waals surface area contributed by atoms with E-state index in [1.807, 2.05) is 0 Å².